The molecule has 0 aliphatic rings. The summed E-state index contributed by atoms with van der Waals surface area (Å²) in [5.74, 6) is 0. The first-order chi connectivity index (χ1) is 26.3. The molecule has 0 N–H and O–H groups in total. The Bertz CT molecular complexity index is 3390. The first kappa shape index (κ1) is 28.6. The molecule has 3 heterocycles. The Kier molecular flexibility index (Phi) is 5.77. The van der Waals surface area contributed by atoms with Crippen molar-refractivity contribution in [3.8, 4) is 33.4 Å². The summed E-state index contributed by atoms with van der Waals surface area (Å²) in [5, 5.41) is 11.3. The van der Waals surface area contributed by atoms with Gasteiger partial charge in [0.25, 0.3) is 0 Å². The van der Waals surface area contributed by atoms with Crippen molar-refractivity contribution in [2.45, 2.75) is 0 Å². The molecule has 0 aliphatic heterocycles. The highest BCUT2D eigenvalue weighted by Gasteiger charge is 2.22. The van der Waals surface area contributed by atoms with Gasteiger partial charge < -0.3 is 13.3 Å². The molecule has 0 atom stereocenters. The van der Waals surface area contributed by atoms with Crippen LogP contribution in [0.3, 0.4) is 0 Å². The van der Waals surface area contributed by atoms with E-state index in [4.69, 9.17) is 13.3 Å². The summed E-state index contributed by atoms with van der Waals surface area (Å²) in [6.45, 7) is 0. The Morgan fingerprint density at radius 3 is 1.57 bits per heavy atom. The maximum Gasteiger partial charge on any atom is 0.143 e. The standard InChI is InChI=1S/C50H28O3/c1-2-12-29(13-3-1)31-19-10-22-40-48-43(53-49(31)40)27-26-42-47(48)38-25-24-30(28-44(38)51-42)45-33-15-4-6-17-35(33)46(36-18-7-5-16-34(36)45)39-21-11-20-37-32-14-8-9-23-41(32)52-50(37)39/h1-28H. The highest BCUT2D eigenvalue weighted by molar-refractivity contribution is 6.28. The first-order valence-corrected chi connectivity index (χ1v) is 18.0. The van der Waals surface area contributed by atoms with E-state index in [9.17, 15) is 0 Å². The maximum atomic E-state index is 6.70. The fourth-order valence-electron chi connectivity index (χ4n) is 8.83. The number of rotatable bonds is 3. The van der Waals surface area contributed by atoms with Gasteiger partial charge in [0.05, 0.1) is 0 Å². The summed E-state index contributed by atoms with van der Waals surface area (Å²) < 4.78 is 19.9. The molecule has 0 saturated carbocycles. The predicted molar refractivity (Wildman–Crippen MR) is 220 cm³/mol. The minimum atomic E-state index is 0.849. The topological polar surface area (TPSA) is 39.4 Å². The van der Waals surface area contributed by atoms with E-state index in [2.05, 4.69) is 146 Å². The van der Waals surface area contributed by atoms with Crippen LogP contribution >= 0.6 is 0 Å². The van der Waals surface area contributed by atoms with E-state index in [1.165, 1.54) is 32.7 Å². The van der Waals surface area contributed by atoms with Crippen LogP contribution in [-0.4, -0.2) is 0 Å². The zero-order valence-electron chi connectivity index (χ0n) is 28.4. The van der Waals surface area contributed by atoms with E-state index in [1.54, 1.807) is 0 Å². The van der Waals surface area contributed by atoms with Gasteiger partial charge in [0, 0.05) is 49.0 Å². The van der Waals surface area contributed by atoms with Crippen molar-refractivity contribution in [3.63, 3.8) is 0 Å². The lowest BCUT2D eigenvalue weighted by molar-refractivity contribution is 0.663. The lowest BCUT2D eigenvalue weighted by Gasteiger charge is -2.17. The number of benzene rings is 9. The molecule has 0 saturated heterocycles. The van der Waals surface area contributed by atoms with Crippen LogP contribution in [0.5, 0.6) is 0 Å². The summed E-state index contributed by atoms with van der Waals surface area (Å²) in [7, 11) is 0. The molecular formula is C50H28O3. The second-order valence-corrected chi connectivity index (χ2v) is 13.9. The zero-order chi connectivity index (χ0) is 34.6. The fraction of sp³-hybridized carbons (Fsp3) is 0. The molecule has 12 rings (SSSR count). The van der Waals surface area contributed by atoms with Crippen molar-refractivity contribution in [3.05, 3.63) is 170 Å². The van der Waals surface area contributed by atoms with Crippen LogP contribution in [0, 0.1) is 0 Å². The van der Waals surface area contributed by atoms with Gasteiger partial charge in [-0.3, -0.25) is 0 Å². The van der Waals surface area contributed by atoms with Gasteiger partial charge in [-0.15, -0.1) is 0 Å². The van der Waals surface area contributed by atoms with Gasteiger partial charge in [0.1, 0.15) is 33.5 Å². The number of hydrogen-bond donors (Lipinski definition) is 0. The highest BCUT2D eigenvalue weighted by Crippen LogP contribution is 2.48. The Hall–Kier alpha value is -7.10. The lowest BCUT2D eigenvalue weighted by atomic mass is 9.85. The molecule has 0 amide bonds. The quantitative estimate of drug-likeness (QED) is 0.175. The molecule has 9 aromatic carbocycles. The Morgan fingerprint density at radius 2 is 0.811 bits per heavy atom. The van der Waals surface area contributed by atoms with Crippen LogP contribution < -0.4 is 0 Å². The fourth-order valence-corrected chi connectivity index (χ4v) is 8.83. The van der Waals surface area contributed by atoms with Crippen LogP contribution in [0.2, 0.25) is 0 Å². The van der Waals surface area contributed by atoms with Crippen LogP contribution in [0.15, 0.2) is 183 Å². The third-order valence-corrected chi connectivity index (χ3v) is 11.1. The largest absolute Gasteiger partial charge is 0.456 e. The minimum Gasteiger partial charge on any atom is -0.456 e. The molecule has 246 valence electrons. The first-order valence-electron chi connectivity index (χ1n) is 18.0. The molecule has 0 fully saturated rings. The molecule has 0 radical (unpaired) electrons. The summed E-state index contributed by atoms with van der Waals surface area (Å²) in [6.07, 6.45) is 0. The summed E-state index contributed by atoms with van der Waals surface area (Å²) >= 11 is 0. The molecule has 0 bridgehead atoms. The van der Waals surface area contributed by atoms with E-state index in [0.29, 0.717) is 0 Å². The minimum absolute atomic E-state index is 0.849. The smallest absolute Gasteiger partial charge is 0.143 e. The molecule has 3 aromatic heterocycles. The monoisotopic (exact) mass is 676 g/mol. The van der Waals surface area contributed by atoms with Crippen LogP contribution in [0.1, 0.15) is 0 Å². The van der Waals surface area contributed by atoms with E-state index in [-0.39, 0.29) is 0 Å². The van der Waals surface area contributed by atoms with E-state index in [1.807, 2.05) is 24.3 Å². The molecular weight excluding hydrogens is 649 g/mol. The van der Waals surface area contributed by atoms with Gasteiger partial charge in [0.15, 0.2) is 0 Å². The van der Waals surface area contributed by atoms with Crippen molar-refractivity contribution in [1.82, 2.24) is 0 Å². The number of hydrogen-bond acceptors (Lipinski definition) is 3. The summed E-state index contributed by atoms with van der Waals surface area (Å²) in [5.41, 5.74) is 12.0. The Morgan fingerprint density at radius 1 is 0.264 bits per heavy atom. The maximum absolute atomic E-state index is 6.70. The molecule has 53 heavy (non-hydrogen) atoms. The average molecular weight is 677 g/mol. The van der Waals surface area contributed by atoms with Crippen molar-refractivity contribution in [1.29, 1.82) is 0 Å². The second-order valence-electron chi connectivity index (χ2n) is 13.9. The number of para-hydroxylation sites is 3. The highest BCUT2D eigenvalue weighted by atomic mass is 16.3. The van der Waals surface area contributed by atoms with Gasteiger partial charge in [0.2, 0.25) is 0 Å². The average Bonchev–Trinajstić information content (AvgIpc) is 3.91. The van der Waals surface area contributed by atoms with Crippen LogP contribution in [0.4, 0.5) is 0 Å². The number of fused-ring (bicyclic) bond motifs is 12. The zero-order valence-corrected chi connectivity index (χ0v) is 28.4. The Balaban J connectivity index is 1.11. The van der Waals surface area contributed by atoms with Crippen molar-refractivity contribution < 1.29 is 13.3 Å². The van der Waals surface area contributed by atoms with Crippen molar-refractivity contribution >= 4 is 87.4 Å². The van der Waals surface area contributed by atoms with E-state index in [0.717, 1.165) is 88.1 Å². The van der Waals surface area contributed by atoms with Crippen molar-refractivity contribution in [2.75, 3.05) is 0 Å². The van der Waals surface area contributed by atoms with E-state index < -0.39 is 0 Å². The Labute approximate surface area is 302 Å². The normalized spacial score (nSPS) is 12.2. The second kappa shape index (κ2) is 10.7. The van der Waals surface area contributed by atoms with Gasteiger partial charge in [-0.2, -0.15) is 0 Å². The SMILES string of the molecule is c1ccc(-c2cccc3c2oc2ccc4oc5cc(-c6c7ccccc7c(-c7cccc8c7oc7ccccc78)c7ccccc67)ccc5c4c23)cc1. The summed E-state index contributed by atoms with van der Waals surface area (Å²) in [4.78, 5) is 0. The van der Waals surface area contributed by atoms with Crippen LogP contribution in [-0.2, 0) is 0 Å². The molecule has 3 heteroatoms. The van der Waals surface area contributed by atoms with Crippen molar-refractivity contribution in [2.24, 2.45) is 0 Å². The third-order valence-electron chi connectivity index (χ3n) is 11.1. The van der Waals surface area contributed by atoms with Gasteiger partial charge in [-0.1, -0.05) is 140 Å². The molecule has 0 unspecified atom stereocenters. The molecule has 0 aliphatic carbocycles. The summed E-state index contributed by atoms with van der Waals surface area (Å²) in [6, 6.07) is 59.9. The van der Waals surface area contributed by atoms with Gasteiger partial charge >= 0.3 is 0 Å². The molecule has 0 spiro atoms. The van der Waals surface area contributed by atoms with E-state index >= 15 is 0 Å². The van der Waals surface area contributed by atoms with Gasteiger partial charge in [-0.25, -0.2) is 0 Å². The molecule has 12 aromatic rings. The third kappa shape index (κ3) is 3.99. The van der Waals surface area contributed by atoms with Crippen LogP contribution in [0.25, 0.3) is 121 Å². The van der Waals surface area contributed by atoms with Gasteiger partial charge in [-0.05, 0) is 68.6 Å². The number of furan rings is 3. The predicted octanol–water partition coefficient (Wildman–Crippen LogP) is 14.7. The molecule has 3 nitrogen and oxygen atoms in total. The lowest BCUT2D eigenvalue weighted by Crippen LogP contribution is -1.91.